The number of hydrogen-bond acceptors (Lipinski definition) is 3. The summed E-state index contributed by atoms with van der Waals surface area (Å²) in [5.74, 6) is 2.60. The van der Waals surface area contributed by atoms with E-state index in [1.807, 2.05) is 34.7 Å². The monoisotopic (exact) mass is 386 g/mol. The van der Waals surface area contributed by atoms with Gasteiger partial charge < -0.3 is 5.32 Å². The van der Waals surface area contributed by atoms with Crippen molar-refractivity contribution in [2.45, 2.75) is 38.6 Å². The Morgan fingerprint density at radius 2 is 2.20 bits per heavy atom. The van der Waals surface area contributed by atoms with Crippen molar-refractivity contribution in [3.05, 3.63) is 31.9 Å². The number of anilines is 1. The van der Waals surface area contributed by atoms with Crippen LogP contribution >= 0.6 is 22.6 Å². The standard InChI is InChI=1S/C15H19IN2O2/c1-9(13-7-10-2-3-11(13)6-10)17-12-4-5-15(18(19)20)14(16)8-12/h4-5,8-11,13,17H,2-3,6-7H2,1H3. The normalized spacial score (nSPS) is 29.4. The quantitative estimate of drug-likeness (QED) is 0.473. The molecular weight excluding hydrogens is 367 g/mol. The topological polar surface area (TPSA) is 55.2 Å². The average Bonchev–Trinajstić information content (AvgIpc) is 3.00. The third-order valence-corrected chi connectivity index (χ3v) is 5.84. The van der Waals surface area contributed by atoms with Gasteiger partial charge in [-0.2, -0.15) is 0 Å². The number of rotatable bonds is 4. The molecule has 0 radical (unpaired) electrons. The average molecular weight is 386 g/mol. The molecule has 4 nitrogen and oxygen atoms in total. The Kier molecular flexibility index (Phi) is 3.88. The van der Waals surface area contributed by atoms with Crippen molar-refractivity contribution < 1.29 is 4.92 Å². The molecule has 0 saturated heterocycles. The lowest BCUT2D eigenvalue weighted by Crippen LogP contribution is -2.29. The molecule has 2 aliphatic rings. The number of nitrogens with one attached hydrogen (secondary N) is 1. The maximum atomic E-state index is 10.8. The zero-order chi connectivity index (χ0) is 14.3. The molecule has 5 heteroatoms. The van der Waals surface area contributed by atoms with E-state index in [-0.39, 0.29) is 10.6 Å². The molecule has 1 aromatic carbocycles. The van der Waals surface area contributed by atoms with Gasteiger partial charge in [-0.05, 0) is 78.7 Å². The maximum absolute atomic E-state index is 10.8. The second-order valence-corrected chi connectivity index (χ2v) is 7.36. The molecule has 0 heterocycles. The van der Waals surface area contributed by atoms with Gasteiger partial charge in [-0.15, -0.1) is 0 Å². The van der Waals surface area contributed by atoms with E-state index in [1.54, 1.807) is 6.07 Å². The van der Waals surface area contributed by atoms with Gasteiger partial charge in [0.25, 0.3) is 5.69 Å². The highest BCUT2D eigenvalue weighted by Crippen LogP contribution is 2.49. The van der Waals surface area contributed by atoms with Crippen molar-refractivity contribution in [3.63, 3.8) is 0 Å². The molecule has 0 spiro atoms. The van der Waals surface area contributed by atoms with Crippen molar-refractivity contribution in [2.75, 3.05) is 5.32 Å². The Morgan fingerprint density at radius 3 is 2.75 bits per heavy atom. The third-order valence-electron chi connectivity index (χ3n) is 4.97. The minimum atomic E-state index is -0.328. The summed E-state index contributed by atoms with van der Waals surface area (Å²) in [6.07, 6.45) is 5.57. The van der Waals surface area contributed by atoms with Crippen LogP contribution in [0, 0.1) is 31.4 Å². The molecule has 20 heavy (non-hydrogen) atoms. The van der Waals surface area contributed by atoms with Gasteiger partial charge in [0.15, 0.2) is 0 Å². The molecule has 2 saturated carbocycles. The molecule has 2 bridgehead atoms. The molecule has 2 aliphatic carbocycles. The van der Waals surface area contributed by atoms with Gasteiger partial charge in [0.05, 0.1) is 8.49 Å². The van der Waals surface area contributed by atoms with Crippen LogP contribution < -0.4 is 5.32 Å². The summed E-state index contributed by atoms with van der Waals surface area (Å²) in [4.78, 5) is 10.5. The van der Waals surface area contributed by atoms with Gasteiger partial charge in [0.1, 0.15) is 0 Å². The number of nitrogens with zero attached hydrogens (tertiary/aromatic N) is 1. The minimum Gasteiger partial charge on any atom is -0.382 e. The number of nitro groups is 1. The van der Waals surface area contributed by atoms with E-state index in [9.17, 15) is 10.1 Å². The third kappa shape index (κ3) is 2.64. The van der Waals surface area contributed by atoms with Gasteiger partial charge in [0.2, 0.25) is 0 Å². The van der Waals surface area contributed by atoms with E-state index in [2.05, 4.69) is 12.2 Å². The highest BCUT2D eigenvalue weighted by molar-refractivity contribution is 14.1. The number of halogens is 1. The fraction of sp³-hybridized carbons (Fsp3) is 0.600. The summed E-state index contributed by atoms with van der Waals surface area (Å²) in [5.41, 5.74) is 1.18. The second kappa shape index (κ2) is 5.50. The first-order valence-electron chi connectivity index (χ1n) is 7.25. The predicted molar refractivity (Wildman–Crippen MR) is 87.8 cm³/mol. The predicted octanol–water partition coefficient (Wildman–Crippen LogP) is 4.44. The van der Waals surface area contributed by atoms with Crippen molar-refractivity contribution >= 4 is 34.0 Å². The van der Waals surface area contributed by atoms with Gasteiger partial charge in [-0.1, -0.05) is 6.42 Å². The lowest BCUT2D eigenvalue weighted by atomic mass is 9.84. The smallest absolute Gasteiger partial charge is 0.282 e. The summed E-state index contributed by atoms with van der Waals surface area (Å²) in [6, 6.07) is 5.74. The van der Waals surface area contributed by atoms with Gasteiger partial charge in [-0.25, -0.2) is 0 Å². The SMILES string of the molecule is CC(Nc1ccc([N+](=O)[O-])c(I)c1)C1CC2CCC1C2. The van der Waals surface area contributed by atoms with E-state index >= 15 is 0 Å². The van der Waals surface area contributed by atoms with Crippen LogP contribution in [0.1, 0.15) is 32.6 Å². The van der Waals surface area contributed by atoms with Crippen LogP contribution in [0.2, 0.25) is 0 Å². The summed E-state index contributed by atoms with van der Waals surface area (Å²) < 4.78 is 0.692. The van der Waals surface area contributed by atoms with Crippen LogP contribution in [0.25, 0.3) is 0 Å². The first-order valence-corrected chi connectivity index (χ1v) is 8.33. The Labute approximate surface area is 132 Å². The lowest BCUT2D eigenvalue weighted by molar-refractivity contribution is -0.385. The summed E-state index contributed by atoms with van der Waals surface area (Å²) in [7, 11) is 0. The summed E-state index contributed by atoms with van der Waals surface area (Å²) >= 11 is 2.03. The van der Waals surface area contributed by atoms with Crippen LogP contribution in [0.4, 0.5) is 11.4 Å². The molecule has 3 rings (SSSR count). The van der Waals surface area contributed by atoms with Crippen molar-refractivity contribution in [3.8, 4) is 0 Å². The zero-order valence-corrected chi connectivity index (χ0v) is 13.7. The molecule has 0 aromatic heterocycles. The van der Waals surface area contributed by atoms with Gasteiger partial charge in [-0.3, -0.25) is 10.1 Å². The Bertz CT molecular complexity index is 535. The largest absolute Gasteiger partial charge is 0.382 e. The van der Waals surface area contributed by atoms with Crippen LogP contribution in [-0.2, 0) is 0 Å². The van der Waals surface area contributed by atoms with E-state index < -0.39 is 0 Å². The first-order chi connectivity index (χ1) is 9.54. The van der Waals surface area contributed by atoms with Crippen LogP contribution in [0.3, 0.4) is 0 Å². The van der Waals surface area contributed by atoms with Crippen molar-refractivity contribution in [1.82, 2.24) is 0 Å². The van der Waals surface area contributed by atoms with Crippen molar-refractivity contribution in [2.24, 2.45) is 17.8 Å². The minimum absolute atomic E-state index is 0.184. The fourth-order valence-electron chi connectivity index (χ4n) is 4.02. The van der Waals surface area contributed by atoms with Crippen molar-refractivity contribution in [1.29, 1.82) is 0 Å². The number of nitro benzene ring substituents is 1. The Balaban J connectivity index is 1.68. The summed E-state index contributed by atoms with van der Waals surface area (Å²) in [6.45, 7) is 2.25. The van der Waals surface area contributed by atoms with Crippen LogP contribution in [-0.4, -0.2) is 11.0 Å². The van der Waals surface area contributed by atoms with Gasteiger partial charge in [0, 0.05) is 17.8 Å². The number of benzene rings is 1. The second-order valence-electron chi connectivity index (χ2n) is 6.20. The van der Waals surface area contributed by atoms with E-state index in [4.69, 9.17) is 0 Å². The molecule has 1 aromatic rings. The molecular formula is C15H19IN2O2. The zero-order valence-electron chi connectivity index (χ0n) is 11.5. The Morgan fingerprint density at radius 1 is 1.40 bits per heavy atom. The van der Waals surface area contributed by atoms with E-state index in [0.717, 1.165) is 23.4 Å². The molecule has 4 atom stereocenters. The Hall–Kier alpha value is -0.850. The molecule has 2 fully saturated rings. The fourth-order valence-corrected chi connectivity index (χ4v) is 4.73. The molecule has 1 N–H and O–H groups in total. The van der Waals surface area contributed by atoms with Crippen LogP contribution in [0.5, 0.6) is 0 Å². The molecule has 108 valence electrons. The number of fused-ring (bicyclic) bond motifs is 2. The maximum Gasteiger partial charge on any atom is 0.282 e. The van der Waals surface area contributed by atoms with E-state index in [0.29, 0.717) is 9.61 Å². The molecule has 4 unspecified atom stereocenters. The number of hydrogen-bond donors (Lipinski definition) is 1. The first kappa shape index (κ1) is 14.1. The van der Waals surface area contributed by atoms with E-state index in [1.165, 1.54) is 25.7 Å². The summed E-state index contributed by atoms with van der Waals surface area (Å²) in [5, 5.41) is 14.4. The van der Waals surface area contributed by atoms with Gasteiger partial charge >= 0.3 is 0 Å². The highest BCUT2D eigenvalue weighted by atomic mass is 127. The highest BCUT2D eigenvalue weighted by Gasteiger charge is 2.41. The van der Waals surface area contributed by atoms with Crippen LogP contribution in [0.15, 0.2) is 18.2 Å². The lowest BCUT2D eigenvalue weighted by Gasteiger charge is -2.29. The molecule has 0 aliphatic heterocycles. The molecule has 0 amide bonds.